The molecule has 0 aliphatic heterocycles. The smallest absolute Gasteiger partial charge is 0.238 e. The fourth-order valence-corrected chi connectivity index (χ4v) is 11.2. The summed E-state index contributed by atoms with van der Waals surface area (Å²) < 4.78 is 11.1. The van der Waals surface area contributed by atoms with E-state index in [-0.39, 0.29) is 0 Å². The average molecular weight is 880 g/mol. The molecule has 0 unspecified atom stereocenters. The maximum Gasteiger partial charge on any atom is 0.238 e. The highest BCUT2D eigenvalue weighted by atomic mass is 16.3. The van der Waals surface area contributed by atoms with Crippen LogP contribution in [-0.2, 0) is 0 Å². The molecule has 11 aromatic carbocycles. The molecule has 6 nitrogen and oxygen atoms in total. The maximum absolute atomic E-state index is 6.39. The predicted molar refractivity (Wildman–Crippen MR) is 285 cm³/mol. The lowest BCUT2D eigenvalue weighted by atomic mass is 9.92. The monoisotopic (exact) mass is 879 g/mol. The molecule has 6 heteroatoms. The van der Waals surface area contributed by atoms with Crippen LogP contribution in [0.3, 0.4) is 0 Å². The minimum atomic E-state index is 0.531. The number of aromatic nitrogens is 5. The van der Waals surface area contributed by atoms with Gasteiger partial charge in [-0.25, -0.2) is 4.98 Å². The van der Waals surface area contributed by atoms with Gasteiger partial charge in [0.1, 0.15) is 11.2 Å². The first-order valence-electron chi connectivity index (χ1n) is 23.4. The van der Waals surface area contributed by atoms with Crippen molar-refractivity contribution in [3.05, 3.63) is 224 Å². The number of para-hydroxylation sites is 3. The third kappa shape index (κ3) is 5.57. The van der Waals surface area contributed by atoms with Crippen LogP contribution < -0.4 is 0 Å². The molecule has 0 radical (unpaired) electrons. The fraction of sp³-hybridized carbons (Fsp3) is 0. The Morgan fingerprint density at radius 2 is 0.812 bits per heavy atom. The molecule has 0 saturated heterocycles. The number of hydrogen-bond acceptors (Lipinski definition) is 4. The van der Waals surface area contributed by atoms with E-state index in [0.717, 1.165) is 88.1 Å². The van der Waals surface area contributed by atoms with Crippen molar-refractivity contribution in [1.82, 2.24) is 24.1 Å². The molecule has 15 aromatic rings. The molecule has 0 fully saturated rings. The topological polar surface area (TPSA) is 61.7 Å². The number of furan rings is 1. The molecule has 320 valence electrons. The van der Waals surface area contributed by atoms with E-state index in [1.54, 1.807) is 0 Å². The van der Waals surface area contributed by atoms with Gasteiger partial charge >= 0.3 is 0 Å². The number of hydrogen-bond donors (Lipinski definition) is 0. The molecular weight excluding hydrogens is 843 g/mol. The van der Waals surface area contributed by atoms with Crippen molar-refractivity contribution in [1.29, 1.82) is 0 Å². The van der Waals surface area contributed by atoms with Crippen LogP contribution in [0.5, 0.6) is 0 Å². The van der Waals surface area contributed by atoms with Crippen molar-refractivity contribution >= 4 is 97.9 Å². The molecule has 0 saturated carbocycles. The van der Waals surface area contributed by atoms with Gasteiger partial charge in [0.15, 0.2) is 11.6 Å². The Morgan fingerprint density at radius 3 is 1.54 bits per heavy atom. The molecule has 0 N–H and O–H groups in total. The minimum absolute atomic E-state index is 0.531. The van der Waals surface area contributed by atoms with Crippen molar-refractivity contribution in [3.8, 4) is 45.5 Å². The van der Waals surface area contributed by atoms with Crippen LogP contribution in [-0.4, -0.2) is 24.1 Å². The van der Waals surface area contributed by atoms with E-state index in [1.807, 2.05) is 48.5 Å². The quantitative estimate of drug-likeness (QED) is 0.162. The van der Waals surface area contributed by atoms with Crippen molar-refractivity contribution in [3.63, 3.8) is 0 Å². The molecular formula is C63H37N5O. The Morgan fingerprint density at radius 1 is 0.304 bits per heavy atom. The largest absolute Gasteiger partial charge is 0.456 e. The normalized spacial score (nSPS) is 12.1. The van der Waals surface area contributed by atoms with Gasteiger partial charge in [-0.05, 0) is 85.9 Å². The zero-order valence-electron chi connectivity index (χ0n) is 37.0. The summed E-state index contributed by atoms with van der Waals surface area (Å²) in [6, 6.07) is 79.9. The molecule has 0 amide bonds. The Balaban J connectivity index is 1.01. The first kappa shape index (κ1) is 37.8. The van der Waals surface area contributed by atoms with Gasteiger partial charge in [0, 0.05) is 49.1 Å². The average Bonchev–Trinajstić information content (AvgIpc) is 4.09. The van der Waals surface area contributed by atoms with Crippen LogP contribution in [0, 0.1) is 0 Å². The van der Waals surface area contributed by atoms with Gasteiger partial charge in [0.25, 0.3) is 0 Å². The minimum Gasteiger partial charge on any atom is -0.456 e. The summed E-state index contributed by atoms with van der Waals surface area (Å²) in [4.78, 5) is 16.1. The molecule has 0 atom stereocenters. The zero-order valence-corrected chi connectivity index (χ0v) is 37.0. The van der Waals surface area contributed by atoms with Crippen LogP contribution in [0.15, 0.2) is 229 Å². The Bertz CT molecular complexity index is 4580. The molecule has 0 spiro atoms. The zero-order chi connectivity index (χ0) is 45.2. The van der Waals surface area contributed by atoms with Crippen LogP contribution in [0.1, 0.15) is 0 Å². The van der Waals surface area contributed by atoms with Gasteiger partial charge in [-0.2, -0.15) is 9.97 Å². The summed E-state index contributed by atoms with van der Waals surface area (Å²) in [5, 5.41) is 14.1. The molecule has 15 rings (SSSR count). The van der Waals surface area contributed by atoms with E-state index in [1.165, 1.54) is 37.7 Å². The highest BCUT2D eigenvalue weighted by Crippen LogP contribution is 2.44. The molecule has 0 aliphatic rings. The molecule has 69 heavy (non-hydrogen) atoms. The summed E-state index contributed by atoms with van der Waals surface area (Å²) in [5.41, 5.74) is 11.0. The lowest BCUT2D eigenvalue weighted by Gasteiger charge is -2.15. The fourth-order valence-electron chi connectivity index (χ4n) is 11.2. The molecule has 4 heterocycles. The lowest BCUT2D eigenvalue weighted by molar-refractivity contribution is 0.669. The van der Waals surface area contributed by atoms with Gasteiger partial charge < -0.3 is 8.98 Å². The second-order valence-electron chi connectivity index (χ2n) is 17.9. The maximum atomic E-state index is 6.39. The Labute approximate surface area is 394 Å². The van der Waals surface area contributed by atoms with Gasteiger partial charge in [0.2, 0.25) is 5.95 Å². The van der Waals surface area contributed by atoms with Crippen molar-refractivity contribution in [2.75, 3.05) is 0 Å². The number of fused-ring (bicyclic) bond motifs is 16. The highest BCUT2D eigenvalue weighted by Gasteiger charge is 2.25. The van der Waals surface area contributed by atoms with E-state index < -0.39 is 0 Å². The van der Waals surface area contributed by atoms with E-state index in [2.05, 4.69) is 185 Å². The summed E-state index contributed by atoms with van der Waals surface area (Å²) in [7, 11) is 0. The third-order valence-electron chi connectivity index (χ3n) is 14.1. The summed E-state index contributed by atoms with van der Waals surface area (Å²) in [5.74, 6) is 1.69. The second-order valence-corrected chi connectivity index (χ2v) is 17.9. The standard InChI is InChI=1S/C63H37N5O/c1-2-16-38(17-3-1)61-64-62(52-27-15-31-57-58(52)51-26-10-13-30-56(51)69-57)66-63(65-61)68-55-29-12-9-25-48(55)50-35-34-49-47-24-8-11-28-54(47)67(59(49)60(50)68)41-19-14-18-39(36-41)40-32-33-46-44-22-5-4-20-42(44)43-21-6-7-23-45(43)53(46)37-40/h1-37H. The lowest BCUT2D eigenvalue weighted by Crippen LogP contribution is -2.07. The summed E-state index contributed by atoms with van der Waals surface area (Å²) >= 11 is 0. The van der Waals surface area contributed by atoms with E-state index in [4.69, 9.17) is 19.4 Å². The van der Waals surface area contributed by atoms with Gasteiger partial charge in [0.05, 0.1) is 22.1 Å². The second kappa shape index (κ2) is 14.6. The van der Waals surface area contributed by atoms with Crippen molar-refractivity contribution in [2.24, 2.45) is 0 Å². The SMILES string of the molecule is c1ccc(-c2nc(-c3cccc4oc5ccccc5c34)nc(-n3c4ccccc4c4ccc5c6ccccc6n(-c6cccc(-c7ccc8c9ccccc9c9ccccc9c8c7)c6)c5c43)n2)cc1. The van der Waals surface area contributed by atoms with Gasteiger partial charge in [-0.15, -0.1) is 0 Å². The molecule has 0 bridgehead atoms. The first-order valence-corrected chi connectivity index (χ1v) is 23.4. The van der Waals surface area contributed by atoms with Crippen LogP contribution >= 0.6 is 0 Å². The van der Waals surface area contributed by atoms with E-state index in [9.17, 15) is 0 Å². The Kier molecular flexibility index (Phi) is 7.97. The van der Waals surface area contributed by atoms with Crippen molar-refractivity contribution < 1.29 is 4.42 Å². The third-order valence-corrected chi connectivity index (χ3v) is 14.1. The van der Waals surface area contributed by atoms with Crippen LogP contribution in [0.2, 0.25) is 0 Å². The van der Waals surface area contributed by atoms with Crippen molar-refractivity contribution in [2.45, 2.75) is 0 Å². The highest BCUT2D eigenvalue weighted by molar-refractivity contribution is 6.26. The molecule has 4 aromatic heterocycles. The predicted octanol–water partition coefficient (Wildman–Crippen LogP) is 16.4. The van der Waals surface area contributed by atoms with Crippen LogP contribution in [0.25, 0.3) is 143 Å². The van der Waals surface area contributed by atoms with E-state index in [0.29, 0.717) is 17.6 Å². The Hall–Kier alpha value is -9.39. The van der Waals surface area contributed by atoms with Gasteiger partial charge in [-0.1, -0.05) is 182 Å². The number of nitrogens with zero attached hydrogens (tertiary/aromatic N) is 5. The van der Waals surface area contributed by atoms with Gasteiger partial charge in [-0.3, -0.25) is 4.57 Å². The van der Waals surface area contributed by atoms with E-state index >= 15 is 0 Å². The summed E-state index contributed by atoms with van der Waals surface area (Å²) in [6.45, 7) is 0. The number of rotatable bonds is 5. The summed E-state index contributed by atoms with van der Waals surface area (Å²) in [6.07, 6.45) is 0. The molecule has 0 aliphatic carbocycles. The number of benzene rings is 11. The first-order chi connectivity index (χ1) is 34.2. The van der Waals surface area contributed by atoms with Crippen LogP contribution in [0.4, 0.5) is 0 Å².